The summed E-state index contributed by atoms with van der Waals surface area (Å²) in [7, 11) is -3.45. The van der Waals surface area contributed by atoms with Crippen LogP contribution >= 0.6 is 0 Å². The zero-order chi connectivity index (χ0) is 32.6. The van der Waals surface area contributed by atoms with Gasteiger partial charge in [0.2, 0.25) is 21.9 Å². The first kappa shape index (κ1) is 32.6. The minimum atomic E-state index is -4.61. The molecule has 0 saturated carbocycles. The molecule has 0 aliphatic carbocycles. The lowest BCUT2D eigenvalue weighted by molar-refractivity contribution is -0.139. The maximum Gasteiger partial charge on any atom is 0.414 e. The quantitative estimate of drug-likeness (QED) is 0.396. The first-order valence-corrected chi connectivity index (χ1v) is 16.1. The van der Waals surface area contributed by atoms with Gasteiger partial charge in [0.15, 0.2) is 22.8 Å². The summed E-state index contributed by atoms with van der Waals surface area (Å²) < 4.78 is 78.9. The molecule has 3 aromatic heterocycles. The van der Waals surface area contributed by atoms with E-state index < -0.39 is 28.8 Å². The minimum absolute atomic E-state index is 0.0148. The average molecular weight is 657 g/mol. The number of sulfonamides is 1. The lowest BCUT2D eigenvalue weighted by Crippen LogP contribution is -2.49. The number of nitrogens with zero attached hydrogens (tertiary/aromatic N) is 9. The SMILES string of the molecule is CC(C)(C)COC(=O)Nc1ncc(-c2nc(N3CCOCC3)c3nc(N4CCN(S(C)(=O)=O)CC4)n(CC(F)(F)F)c3n2)cn1. The van der Waals surface area contributed by atoms with Gasteiger partial charge in [0.1, 0.15) is 6.54 Å². The Bertz CT molecular complexity index is 1630. The maximum atomic E-state index is 14.0. The second-order valence-electron chi connectivity index (χ2n) is 12.0. The van der Waals surface area contributed by atoms with E-state index in [1.165, 1.54) is 16.7 Å². The number of aromatic nitrogens is 6. The van der Waals surface area contributed by atoms with Crippen molar-refractivity contribution in [2.75, 3.05) is 80.5 Å². The molecule has 19 heteroatoms. The number of carbonyl (C=O) groups is 1. The van der Waals surface area contributed by atoms with Gasteiger partial charge < -0.3 is 19.3 Å². The van der Waals surface area contributed by atoms with E-state index in [0.29, 0.717) is 37.7 Å². The molecule has 0 unspecified atom stereocenters. The molecule has 0 bridgehead atoms. The number of rotatable bonds is 7. The van der Waals surface area contributed by atoms with Crippen molar-refractivity contribution in [3.8, 4) is 11.4 Å². The van der Waals surface area contributed by atoms with Crippen LogP contribution in [0.15, 0.2) is 12.4 Å². The van der Waals surface area contributed by atoms with E-state index in [2.05, 4.69) is 30.2 Å². The molecule has 45 heavy (non-hydrogen) atoms. The molecule has 1 amide bonds. The fourth-order valence-electron chi connectivity index (χ4n) is 4.80. The molecule has 246 valence electrons. The monoisotopic (exact) mass is 656 g/mol. The summed E-state index contributed by atoms with van der Waals surface area (Å²) in [6, 6.07) is 0. The van der Waals surface area contributed by atoms with Crippen LogP contribution in [0.2, 0.25) is 0 Å². The van der Waals surface area contributed by atoms with Crippen molar-refractivity contribution in [3.05, 3.63) is 12.4 Å². The van der Waals surface area contributed by atoms with E-state index >= 15 is 0 Å². The number of fused-ring (bicyclic) bond motifs is 1. The zero-order valence-electron chi connectivity index (χ0n) is 25.3. The molecule has 3 aromatic rings. The van der Waals surface area contributed by atoms with Crippen LogP contribution in [0.25, 0.3) is 22.6 Å². The summed E-state index contributed by atoms with van der Waals surface area (Å²) in [5.41, 5.74) is 0.181. The number of piperazine rings is 1. The Hall–Kier alpha value is -3.84. The van der Waals surface area contributed by atoms with E-state index in [-0.39, 0.29) is 67.1 Å². The van der Waals surface area contributed by atoms with Crippen LogP contribution < -0.4 is 15.1 Å². The number of imidazole rings is 1. The summed E-state index contributed by atoms with van der Waals surface area (Å²) in [6.45, 7) is 6.65. The zero-order valence-corrected chi connectivity index (χ0v) is 26.2. The first-order chi connectivity index (χ1) is 21.1. The van der Waals surface area contributed by atoms with Gasteiger partial charge in [-0.2, -0.15) is 17.5 Å². The van der Waals surface area contributed by atoms with Gasteiger partial charge >= 0.3 is 12.3 Å². The number of anilines is 3. The summed E-state index contributed by atoms with van der Waals surface area (Å²) >= 11 is 0. The Kier molecular flexibility index (Phi) is 9.05. The smallest absolute Gasteiger partial charge is 0.414 e. The number of halogens is 3. The van der Waals surface area contributed by atoms with Gasteiger partial charge in [-0.25, -0.2) is 38.1 Å². The number of hydrogen-bond acceptors (Lipinski definition) is 12. The average Bonchev–Trinajstić information content (AvgIpc) is 3.32. The third kappa shape index (κ3) is 8.06. The highest BCUT2D eigenvalue weighted by atomic mass is 32.2. The highest BCUT2D eigenvalue weighted by molar-refractivity contribution is 7.88. The summed E-state index contributed by atoms with van der Waals surface area (Å²) in [5.74, 6) is 0.358. The number of nitrogens with one attached hydrogen (secondary N) is 1. The fraction of sp³-hybridized carbons (Fsp3) is 0.615. The molecule has 15 nitrogen and oxygen atoms in total. The van der Waals surface area contributed by atoms with Crippen LogP contribution in [0.5, 0.6) is 0 Å². The number of hydrogen-bond donors (Lipinski definition) is 1. The van der Waals surface area contributed by atoms with Gasteiger partial charge in [0.05, 0.1) is 31.6 Å². The Morgan fingerprint density at radius 3 is 2.20 bits per heavy atom. The normalized spacial score (nSPS) is 17.1. The van der Waals surface area contributed by atoms with Gasteiger partial charge in [-0.1, -0.05) is 20.8 Å². The van der Waals surface area contributed by atoms with Crippen molar-refractivity contribution in [3.63, 3.8) is 0 Å². The highest BCUT2D eigenvalue weighted by Gasteiger charge is 2.35. The second-order valence-corrected chi connectivity index (χ2v) is 13.9. The number of amides is 1. The highest BCUT2D eigenvalue weighted by Crippen LogP contribution is 2.34. The molecule has 1 N–H and O–H groups in total. The summed E-state index contributed by atoms with van der Waals surface area (Å²) in [5, 5.41) is 2.44. The molecule has 2 fully saturated rings. The number of alkyl halides is 3. The Labute approximate surface area is 257 Å². The van der Waals surface area contributed by atoms with Crippen molar-refractivity contribution < 1.29 is 35.9 Å². The lowest BCUT2D eigenvalue weighted by atomic mass is 9.99. The van der Waals surface area contributed by atoms with Gasteiger partial charge in [0.25, 0.3) is 0 Å². The third-order valence-electron chi connectivity index (χ3n) is 6.95. The predicted octanol–water partition coefficient (Wildman–Crippen LogP) is 2.36. The van der Waals surface area contributed by atoms with Gasteiger partial charge in [0, 0.05) is 51.7 Å². The van der Waals surface area contributed by atoms with E-state index in [0.717, 1.165) is 10.8 Å². The molecule has 2 aliphatic rings. The molecular weight excluding hydrogens is 621 g/mol. The molecule has 2 aliphatic heterocycles. The van der Waals surface area contributed by atoms with Crippen LogP contribution in [-0.2, 0) is 26.0 Å². The van der Waals surface area contributed by atoms with E-state index in [1.54, 1.807) is 4.90 Å². The second kappa shape index (κ2) is 12.5. The van der Waals surface area contributed by atoms with Gasteiger partial charge in [-0.15, -0.1) is 0 Å². The Morgan fingerprint density at radius 2 is 1.62 bits per heavy atom. The standard InChI is InChI=1S/C26H35F3N10O5S/c1-25(2,3)16-44-24(40)35-22-30-13-17(14-31-22)19-33-20(36-9-11-43-12-10-36)18-21(34-19)39(15-26(27,28)29)23(32-18)37-5-7-38(8-6-37)45(4,41)42/h13-14H,5-12,15-16H2,1-4H3,(H,30,31,35,40). The molecule has 0 aromatic carbocycles. The number of morpholine rings is 1. The number of carbonyl (C=O) groups excluding carboxylic acids is 1. The summed E-state index contributed by atoms with van der Waals surface area (Å²) in [4.78, 5) is 37.7. The lowest BCUT2D eigenvalue weighted by Gasteiger charge is -2.34. The Balaban J connectivity index is 1.53. The third-order valence-corrected chi connectivity index (χ3v) is 8.26. The van der Waals surface area contributed by atoms with Crippen molar-refractivity contribution in [2.45, 2.75) is 33.5 Å². The van der Waals surface area contributed by atoms with Crippen LogP contribution in [0.3, 0.4) is 0 Å². The molecule has 5 rings (SSSR count). The molecule has 5 heterocycles. The minimum Gasteiger partial charge on any atom is -0.449 e. The van der Waals surface area contributed by atoms with Gasteiger partial charge in [-0.3, -0.25) is 9.88 Å². The van der Waals surface area contributed by atoms with Crippen molar-refractivity contribution in [2.24, 2.45) is 5.41 Å². The fourth-order valence-corrected chi connectivity index (χ4v) is 5.63. The van der Waals surface area contributed by atoms with Crippen LogP contribution in [0.1, 0.15) is 20.8 Å². The molecule has 0 radical (unpaired) electrons. The Morgan fingerprint density at radius 1 is 0.978 bits per heavy atom. The van der Waals surface area contributed by atoms with E-state index in [4.69, 9.17) is 9.47 Å². The molecular formula is C26H35F3N10O5S. The molecule has 0 atom stereocenters. The number of ether oxygens (including phenoxy) is 2. The maximum absolute atomic E-state index is 14.0. The topological polar surface area (TPSA) is 161 Å². The van der Waals surface area contributed by atoms with Crippen molar-refractivity contribution in [1.82, 2.24) is 33.8 Å². The van der Waals surface area contributed by atoms with Crippen LogP contribution in [-0.4, -0.2) is 120 Å². The molecule has 2 saturated heterocycles. The van der Waals surface area contributed by atoms with Crippen LogP contribution in [0, 0.1) is 5.41 Å². The van der Waals surface area contributed by atoms with E-state index in [1.807, 2.05) is 25.7 Å². The predicted molar refractivity (Wildman–Crippen MR) is 158 cm³/mol. The van der Waals surface area contributed by atoms with Crippen molar-refractivity contribution in [1.29, 1.82) is 0 Å². The summed E-state index contributed by atoms with van der Waals surface area (Å²) in [6.07, 6.45) is -1.54. The van der Waals surface area contributed by atoms with Crippen LogP contribution in [0.4, 0.5) is 35.7 Å². The van der Waals surface area contributed by atoms with Gasteiger partial charge in [-0.05, 0) is 5.41 Å². The first-order valence-electron chi connectivity index (χ1n) is 14.2. The van der Waals surface area contributed by atoms with Crippen molar-refractivity contribution >= 4 is 45.0 Å². The molecule has 0 spiro atoms. The van der Waals surface area contributed by atoms with E-state index in [9.17, 15) is 26.4 Å². The largest absolute Gasteiger partial charge is 0.449 e.